The summed E-state index contributed by atoms with van der Waals surface area (Å²) in [5.74, 6) is -1.47. The number of hydrogen-bond donors (Lipinski definition) is 9. The maximum absolute atomic E-state index is 13.0. The fourth-order valence-electron chi connectivity index (χ4n) is 6.77. The van der Waals surface area contributed by atoms with Crippen LogP contribution in [-0.2, 0) is 41.8 Å². The molecule has 0 amide bonds. The number of aliphatic hydroxyl groups excluding tert-OH is 6. The zero-order chi connectivity index (χ0) is 51.3. The van der Waals surface area contributed by atoms with E-state index >= 15 is 0 Å². The van der Waals surface area contributed by atoms with Gasteiger partial charge in [-0.1, -0.05) is 144 Å². The molecular formula is C49H82O18P2. The highest BCUT2D eigenvalue weighted by molar-refractivity contribution is 7.47. The van der Waals surface area contributed by atoms with Gasteiger partial charge in [0, 0.05) is 12.8 Å². The van der Waals surface area contributed by atoms with Gasteiger partial charge in [-0.3, -0.25) is 23.2 Å². The highest BCUT2D eigenvalue weighted by atomic mass is 31.2. The number of ether oxygens (including phenoxy) is 2. The predicted molar refractivity (Wildman–Crippen MR) is 262 cm³/mol. The van der Waals surface area contributed by atoms with Gasteiger partial charge in [0.1, 0.15) is 43.2 Å². The SMILES string of the molecule is CCCCC/C=C\C/C=C\C/C=C\CCCCCCC(=O)OC[C@H](COP(=O)(O)O[C@H]1C(O)C(O)C(O)[C@@H](OP(=O)(O)O)C1O)OC(=O)CCC[C@H](O)/C=C/C=C\C/C=C\C=C\[C@H](O)CCCCC. The van der Waals surface area contributed by atoms with Gasteiger partial charge in [0.15, 0.2) is 6.10 Å². The van der Waals surface area contributed by atoms with Gasteiger partial charge < -0.3 is 54.8 Å². The second kappa shape index (κ2) is 38.7. The molecule has 0 aromatic heterocycles. The number of carbonyl (C=O) groups excluding carboxylic acids is 2. The largest absolute Gasteiger partial charge is 0.472 e. The van der Waals surface area contributed by atoms with Crippen molar-refractivity contribution >= 4 is 27.6 Å². The van der Waals surface area contributed by atoms with Crippen molar-refractivity contribution in [2.75, 3.05) is 13.2 Å². The van der Waals surface area contributed by atoms with E-state index in [1.807, 2.05) is 18.2 Å². The molecule has 0 aromatic rings. The molecule has 0 radical (unpaired) electrons. The number of allylic oxidation sites excluding steroid dienone is 12. The Balaban J connectivity index is 2.71. The van der Waals surface area contributed by atoms with Crippen LogP contribution in [0.2, 0.25) is 0 Å². The summed E-state index contributed by atoms with van der Waals surface area (Å²) in [6.45, 7) is 2.76. The molecule has 69 heavy (non-hydrogen) atoms. The van der Waals surface area contributed by atoms with Crippen LogP contribution < -0.4 is 0 Å². The van der Waals surface area contributed by atoms with E-state index in [1.165, 1.54) is 19.3 Å². The zero-order valence-electron chi connectivity index (χ0n) is 40.4. The van der Waals surface area contributed by atoms with E-state index in [0.29, 0.717) is 12.8 Å². The van der Waals surface area contributed by atoms with Gasteiger partial charge in [0.2, 0.25) is 0 Å². The third-order valence-electron chi connectivity index (χ3n) is 10.6. The van der Waals surface area contributed by atoms with E-state index in [4.69, 9.17) is 18.5 Å². The van der Waals surface area contributed by atoms with Crippen LogP contribution >= 0.6 is 15.6 Å². The normalized spacial score (nSPS) is 22.8. The molecule has 5 unspecified atom stereocenters. The molecule has 396 valence electrons. The Morgan fingerprint density at radius 3 is 1.61 bits per heavy atom. The highest BCUT2D eigenvalue weighted by Crippen LogP contribution is 2.49. The first kappa shape index (κ1) is 64.1. The maximum Gasteiger partial charge on any atom is 0.472 e. The van der Waals surface area contributed by atoms with Crippen molar-refractivity contribution in [1.29, 1.82) is 0 Å². The smallest absolute Gasteiger partial charge is 0.462 e. The molecule has 0 spiro atoms. The number of carbonyl (C=O) groups is 2. The number of hydrogen-bond acceptors (Lipinski definition) is 15. The van der Waals surface area contributed by atoms with Crippen molar-refractivity contribution in [3.8, 4) is 0 Å². The lowest BCUT2D eigenvalue weighted by Gasteiger charge is -2.43. The lowest BCUT2D eigenvalue weighted by molar-refractivity contribution is -0.216. The number of phosphoric acid groups is 2. The fraction of sp³-hybridized carbons (Fsp3) is 0.673. The van der Waals surface area contributed by atoms with Gasteiger partial charge in [0.25, 0.3) is 0 Å². The molecule has 1 fully saturated rings. The monoisotopic (exact) mass is 1020 g/mol. The van der Waals surface area contributed by atoms with Gasteiger partial charge >= 0.3 is 27.6 Å². The standard InChI is InChI=1S/C49H82O18P2/c1-3-5-7-8-9-10-11-12-13-14-15-16-17-18-22-25-29-35-42(52)63-37-41(38-64-69(61,62)67-49-46(56)44(54)45(55)48(47(49)57)66-68(58,59)60)65-43(53)36-30-34-40(51)33-28-24-21-19-20-23-27-32-39(50)31-26-6-4-2/h9-10,12-13,15-16,20-21,23-24,27-28,32-33,39-41,44-51,54-57H,3-8,11,14,17-19,22,25-26,29-31,34-38H2,1-2H3,(H,61,62)(H2,58,59,60)/b10-9-,13-12-,16-15-,23-20-,24-21-,32-27+,33-28+/t39-,40-,41-,44?,45?,46?,47?,48-,49+/m1/s1. The number of aliphatic hydroxyl groups is 6. The Bertz CT molecular complexity index is 1690. The number of rotatable bonds is 39. The van der Waals surface area contributed by atoms with Crippen molar-refractivity contribution < 1.29 is 87.1 Å². The van der Waals surface area contributed by atoms with Crippen molar-refractivity contribution in [3.63, 3.8) is 0 Å². The number of unbranched alkanes of at least 4 members (excludes halogenated alkanes) is 9. The minimum atomic E-state index is -5.40. The molecule has 0 heterocycles. The molecular weight excluding hydrogens is 938 g/mol. The molecule has 0 bridgehead atoms. The Kier molecular flexibility index (Phi) is 36.0. The third-order valence-corrected chi connectivity index (χ3v) is 12.2. The summed E-state index contributed by atoms with van der Waals surface area (Å²) in [5.41, 5.74) is 0. The first-order chi connectivity index (χ1) is 32.9. The maximum atomic E-state index is 13.0. The summed E-state index contributed by atoms with van der Waals surface area (Å²) in [5, 5.41) is 61.5. The quantitative estimate of drug-likeness (QED) is 0.00957. The minimum absolute atomic E-state index is 0.0409. The molecule has 1 aliphatic rings. The van der Waals surface area contributed by atoms with E-state index in [2.05, 4.69) is 54.8 Å². The van der Waals surface area contributed by atoms with Crippen molar-refractivity contribution in [2.24, 2.45) is 0 Å². The van der Waals surface area contributed by atoms with Crippen molar-refractivity contribution in [3.05, 3.63) is 85.1 Å². The number of esters is 2. The Labute approximate surface area is 409 Å². The molecule has 9 N–H and O–H groups in total. The van der Waals surface area contributed by atoms with E-state index in [0.717, 1.165) is 70.6 Å². The predicted octanol–water partition coefficient (Wildman–Crippen LogP) is 7.34. The second-order valence-electron chi connectivity index (χ2n) is 16.9. The van der Waals surface area contributed by atoms with Crippen molar-refractivity contribution in [1.82, 2.24) is 0 Å². The van der Waals surface area contributed by atoms with E-state index in [9.17, 15) is 64.0 Å². The molecule has 18 nitrogen and oxygen atoms in total. The summed E-state index contributed by atoms with van der Waals surface area (Å²) >= 11 is 0. The molecule has 1 aliphatic carbocycles. The van der Waals surface area contributed by atoms with Crippen LogP contribution in [-0.4, -0.2) is 125 Å². The summed E-state index contributed by atoms with van der Waals surface area (Å²) < 4.78 is 49.2. The van der Waals surface area contributed by atoms with Crippen molar-refractivity contribution in [2.45, 2.75) is 197 Å². The van der Waals surface area contributed by atoms with E-state index in [1.54, 1.807) is 30.4 Å². The van der Waals surface area contributed by atoms with Gasteiger partial charge in [-0.15, -0.1) is 0 Å². The lowest BCUT2D eigenvalue weighted by Crippen LogP contribution is -2.64. The molecule has 1 saturated carbocycles. The van der Waals surface area contributed by atoms with Gasteiger partial charge in [-0.2, -0.15) is 0 Å². The molecule has 1 rings (SSSR count). The van der Waals surface area contributed by atoms with Crippen LogP contribution in [0.1, 0.15) is 142 Å². The third kappa shape index (κ3) is 33.4. The van der Waals surface area contributed by atoms with Crippen LogP contribution in [0.3, 0.4) is 0 Å². The number of phosphoric ester groups is 2. The Hall–Kier alpha value is -2.90. The summed E-state index contributed by atoms with van der Waals surface area (Å²) in [6, 6.07) is 0. The summed E-state index contributed by atoms with van der Waals surface area (Å²) in [6.07, 6.45) is 25.9. The van der Waals surface area contributed by atoms with Crippen LogP contribution in [0.5, 0.6) is 0 Å². The van der Waals surface area contributed by atoms with Gasteiger partial charge in [0.05, 0.1) is 18.8 Å². The van der Waals surface area contributed by atoms with Gasteiger partial charge in [-0.05, 0) is 70.6 Å². The fourth-order valence-corrected chi connectivity index (χ4v) is 8.31. The molecule has 0 aliphatic heterocycles. The van der Waals surface area contributed by atoms with Crippen LogP contribution in [0, 0.1) is 0 Å². The highest BCUT2D eigenvalue weighted by Gasteiger charge is 2.54. The zero-order valence-corrected chi connectivity index (χ0v) is 42.2. The topological polar surface area (TPSA) is 296 Å². The average molecular weight is 1020 g/mol. The van der Waals surface area contributed by atoms with E-state index < -0.39 is 95.7 Å². The Morgan fingerprint density at radius 1 is 0.536 bits per heavy atom. The second-order valence-corrected chi connectivity index (χ2v) is 19.5. The van der Waals surface area contributed by atoms with Crippen LogP contribution in [0.4, 0.5) is 0 Å². The summed E-state index contributed by atoms with van der Waals surface area (Å²) in [4.78, 5) is 54.3. The van der Waals surface area contributed by atoms with Crippen LogP contribution in [0.25, 0.3) is 0 Å². The first-order valence-electron chi connectivity index (χ1n) is 24.3. The minimum Gasteiger partial charge on any atom is -0.462 e. The van der Waals surface area contributed by atoms with Crippen LogP contribution in [0.15, 0.2) is 85.1 Å². The lowest BCUT2D eigenvalue weighted by atomic mass is 9.85. The molecule has 0 saturated heterocycles. The molecule has 0 aromatic carbocycles. The molecule has 10 atom stereocenters. The molecule has 20 heteroatoms. The van der Waals surface area contributed by atoms with E-state index in [-0.39, 0.29) is 25.7 Å². The average Bonchev–Trinajstić information content (AvgIpc) is 3.29. The summed E-state index contributed by atoms with van der Waals surface area (Å²) in [7, 11) is -10.8. The van der Waals surface area contributed by atoms with Gasteiger partial charge in [-0.25, -0.2) is 9.13 Å². The Morgan fingerprint density at radius 2 is 1.03 bits per heavy atom. The first-order valence-corrected chi connectivity index (χ1v) is 27.4.